The first-order valence-electron chi connectivity index (χ1n) is 3.42. The van der Waals surface area contributed by atoms with E-state index >= 15 is 0 Å². The van der Waals surface area contributed by atoms with Gasteiger partial charge in [-0.15, -0.1) is 0 Å². The second-order valence-corrected chi connectivity index (χ2v) is 2.15. The molecule has 0 aliphatic heterocycles. The van der Waals surface area contributed by atoms with E-state index < -0.39 is 0 Å². The number of nitrogens with zero attached hydrogens (tertiary/aromatic N) is 3. The van der Waals surface area contributed by atoms with E-state index in [2.05, 4.69) is 18.6 Å². The Bertz CT molecular complexity index is 214. The van der Waals surface area contributed by atoms with Crippen molar-refractivity contribution in [2.24, 2.45) is 0 Å². The third kappa shape index (κ3) is 1.43. The third-order valence-electron chi connectivity index (χ3n) is 1.27. The zero-order valence-corrected chi connectivity index (χ0v) is 6.20. The molecule has 1 rings (SSSR count). The van der Waals surface area contributed by atoms with Crippen molar-refractivity contribution in [2.75, 3.05) is 0 Å². The van der Waals surface area contributed by atoms with Gasteiger partial charge in [-0.05, 0) is 6.42 Å². The Morgan fingerprint density at radius 3 is 3.10 bits per heavy atom. The Labute approximate surface area is 60.6 Å². The molecule has 1 aromatic heterocycles. The van der Waals surface area contributed by atoms with Crippen LogP contribution < -0.4 is 4.57 Å². The van der Waals surface area contributed by atoms with E-state index in [9.17, 15) is 0 Å². The summed E-state index contributed by atoms with van der Waals surface area (Å²) < 4.78 is 3.72. The molecule has 0 aliphatic rings. The van der Waals surface area contributed by atoms with Crippen molar-refractivity contribution in [2.45, 2.75) is 19.9 Å². The predicted octanol–water partition coefficient (Wildman–Crippen LogP) is 0.681. The van der Waals surface area contributed by atoms with Crippen LogP contribution in [0, 0.1) is 0 Å². The molecular weight excluding hydrogens is 126 g/mol. The molecule has 3 heteroatoms. The summed E-state index contributed by atoms with van der Waals surface area (Å²) in [6, 6.07) is 0. The number of hydrogen-bond acceptors (Lipinski definition) is 1. The highest BCUT2D eigenvalue weighted by Gasteiger charge is 1.98. The van der Waals surface area contributed by atoms with E-state index in [-0.39, 0.29) is 0 Å². The molecule has 10 heavy (non-hydrogen) atoms. The maximum Gasteiger partial charge on any atom is 0.265 e. The maximum atomic E-state index is 4.01. The summed E-state index contributed by atoms with van der Waals surface area (Å²) in [5, 5.41) is 4.01. The van der Waals surface area contributed by atoms with E-state index in [1.54, 1.807) is 17.2 Å². The van der Waals surface area contributed by atoms with Gasteiger partial charge in [-0.25, -0.2) is 4.57 Å². The summed E-state index contributed by atoms with van der Waals surface area (Å²) >= 11 is 0. The minimum Gasteiger partial charge on any atom is -0.237 e. The second kappa shape index (κ2) is 3.15. The van der Waals surface area contributed by atoms with Gasteiger partial charge < -0.3 is 0 Å². The van der Waals surface area contributed by atoms with E-state index in [4.69, 9.17) is 0 Å². The molecule has 0 aliphatic carbocycles. The van der Waals surface area contributed by atoms with Gasteiger partial charge in [0.1, 0.15) is 0 Å². The second-order valence-electron chi connectivity index (χ2n) is 2.15. The van der Waals surface area contributed by atoms with Gasteiger partial charge >= 0.3 is 0 Å². The lowest BCUT2D eigenvalue weighted by Crippen LogP contribution is -2.30. The topological polar surface area (TPSA) is 21.7 Å². The highest BCUT2D eigenvalue weighted by atomic mass is 15.3. The van der Waals surface area contributed by atoms with Gasteiger partial charge in [0.25, 0.3) is 6.33 Å². The summed E-state index contributed by atoms with van der Waals surface area (Å²) in [5.41, 5.74) is 0. The van der Waals surface area contributed by atoms with E-state index in [0.717, 1.165) is 13.0 Å². The Kier molecular flexibility index (Phi) is 2.20. The van der Waals surface area contributed by atoms with Gasteiger partial charge in [-0.3, -0.25) is 0 Å². The SMILES string of the molecule is C=Cn1c[n+](CCC)cn1. The summed E-state index contributed by atoms with van der Waals surface area (Å²) in [5.74, 6) is 0. The van der Waals surface area contributed by atoms with Crippen LogP contribution in [0.1, 0.15) is 13.3 Å². The fourth-order valence-corrected chi connectivity index (χ4v) is 0.805. The van der Waals surface area contributed by atoms with Crippen LogP contribution in [0.25, 0.3) is 6.20 Å². The Morgan fingerprint density at radius 2 is 2.60 bits per heavy atom. The van der Waals surface area contributed by atoms with Crippen LogP contribution in [0.3, 0.4) is 0 Å². The average molecular weight is 138 g/mol. The Balaban J connectivity index is 2.68. The predicted molar refractivity (Wildman–Crippen MR) is 39.1 cm³/mol. The van der Waals surface area contributed by atoms with E-state index in [0.29, 0.717) is 0 Å². The lowest BCUT2D eigenvalue weighted by Gasteiger charge is -1.86. The molecule has 0 saturated carbocycles. The molecular formula is C7H12N3+. The van der Waals surface area contributed by atoms with Crippen molar-refractivity contribution in [1.29, 1.82) is 0 Å². The minimum atomic E-state index is 1.02. The lowest BCUT2D eigenvalue weighted by atomic mass is 10.5. The zero-order chi connectivity index (χ0) is 7.40. The van der Waals surface area contributed by atoms with Crippen LogP contribution in [-0.4, -0.2) is 9.78 Å². The normalized spacial score (nSPS) is 9.70. The standard InChI is InChI=1S/C7H12N3/c1-3-5-9-6-8-10(4-2)7-9/h4,6-7H,2-3,5H2,1H3/q+1. The zero-order valence-electron chi connectivity index (χ0n) is 6.20. The molecule has 0 radical (unpaired) electrons. The van der Waals surface area contributed by atoms with E-state index in [1.807, 2.05) is 10.9 Å². The number of hydrogen-bond donors (Lipinski definition) is 0. The molecule has 1 aromatic rings. The quantitative estimate of drug-likeness (QED) is 0.563. The summed E-state index contributed by atoms with van der Waals surface area (Å²) in [6.45, 7) is 6.75. The van der Waals surface area contributed by atoms with Gasteiger partial charge in [-0.2, -0.15) is 0 Å². The van der Waals surface area contributed by atoms with Crippen molar-refractivity contribution in [3.8, 4) is 0 Å². The summed E-state index contributed by atoms with van der Waals surface area (Å²) in [7, 11) is 0. The highest BCUT2D eigenvalue weighted by Crippen LogP contribution is 1.78. The van der Waals surface area contributed by atoms with Crippen molar-refractivity contribution in [1.82, 2.24) is 9.78 Å². The van der Waals surface area contributed by atoms with Crippen LogP contribution in [0.2, 0.25) is 0 Å². The van der Waals surface area contributed by atoms with Crippen molar-refractivity contribution < 1.29 is 4.57 Å². The highest BCUT2D eigenvalue weighted by molar-refractivity contribution is 5.09. The molecule has 1 heterocycles. The minimum absolute atomic E-state index is 1.02. The van der Waals surface area contributed by atoms with Crippen molar-refractivity contribution in [3.05, 3.63) is 19.2 Å². The number of rotatable bonds is 3. The lowest BCUT2D eigenvalue weighted by molar-refractivity contribution is -0.697. The van der Waals surface area contributed by atoms with Gasteiger partial charge in [0.15, 0.2) is 0 Å². The molecule has 0 bridgehead atoms. The fourth-order valence-electron chi connectivity index (χ4n) is 0.805. The smallest absolute Gasteiger partial charge is 0.237 e. The van der Waals surface area contributed by atoms with Gasteiger partial charge in [0.05, 0.1) is 12.7 Å². The number of aromatic nitrogens is 3. The molecule has 3 nitrogen and oxygen atoms in total. The fraction of sp³-hybridized carbons (Fsp3) is 0.429. The third-order valence-corrected chi connectivity index (χ3v) is 1.27. The van der Waals surface area contributed by atoms with Gasteiger partial charge in [-0.1, -0.05) is 18.2 Å². The van der Waals surface area contributed by atoms with Crippen LogP contribution in [0.15, 0.2) is 19.2 Å². The molecule has 0 fully saturated rings. The molecule has 0 spiro atoms. The average Bonchev–Trinajstić information content (AvgIpc) is 2.37. The first-order valence-corrected chi connectivity index (χ1v) is 3.42. The monoisotopic (exact) mass is 138 g/mol. The van der Waals surface area contributed by atoms with E-state index in [1.165, 1.54) is 0 Å². The summed E-state index contributed by atoms with van der Waals surface area (Å²) in [4.78, 5) is 0. The first-order chi connectivity index (χ1) is 4.86. The van der Waals surface area contributed by atoms with Gasteiger partial charge in [0.2, 0.25) is 6.33 Å². The molecule has 0 aromatic carbocycles. The van der Waals surface area contributed by atoms with Crippen LogP contribution in [-0.2, 0) is 6.54 Å². The first kappa shape index (κ1) is 6.99. The van der Waals surface area contributed by atoms with Crippen LogP contribution in [0.5, 0.6) is 0 Å². The largest absolute Gasteiger partial charge is 0.265 e. The molecule has 0 amide bonds. The van der Waals surface area contributed by atoms with Crippen molar-refractivity contribution >= 4 is 6.20 Å². The molecule has 0 unspecified atom stereocenters. The van der Waals surface area contributed by atoms with Crippen LogP contribution >= 0.6 is 0 Å². The maximum absolute atomic E-state index is 4.01. The molecule has 0 saturated heterocycles. The molecule has 0 N–H and O–H groups in total. The Hall–Kier alpha value is -1.12. The Morgan fingerprint density at radius 1 is 1.80 bits per heavy atom. The van der Waals surface area contributed by atoms with Crippen molar-refractivity contribution in [3.63, 3.8) is 0 Å². The molecule has 0 atom stereocenters. The summed E-state index contributed by atoms with van der Waals surface area (Å²) in [6.07, 6.45) is 6.52. The van der Waals surface area contributed by atoms with Crippen LogP contribution in [0.4, 0.5) is 0 Å². The molecule has 54 valence electrons. The number of aryl methyl sites for hydroxylation is 1. The van der Waals surface area contributed by atoms with Gasteiger partial charge in [0, 0.05) is 5.10 Å².